The number of fused-ring (bicyclic) bond motifs is 2. The van der Waals surface area contributed by atoms with Crippen molar-refractivity contribution in [2.75, 3.05) is 41.5 Å². The lowest BCUT2D eigenvalue weighted by Crippen LogP contribution is -2.85. The summed E-state index contributed by atoms with van der Waals surface area (Å²) in [6, 6.07) is 4.28. The van der Waals surface area contributed by atoms with E-state index in [0.717, 1.165) is 44.0 Å². The van der Waals surface area contributed by atoms with Crippen LogP contribution in [0.15, 0.2) is 12.1 Å². The number of carbonyl (C=O) groups excluding carboxylic acids is 2. The molecule has 194 valence electrons. The molecule has 8 rings (SSSR count). The number of methoxy groups -OCH3 is 4. The monoisotopic (exact) mass is 497 g/mol. The Morgan fingerprint density at radius 1 is 1.03 bits per heavy atom. The molecule has 1 aromatic carbocycles. The minimum absolute atomic E-state index is 0.108. The summed E-state index contributed by atoms with van der Waals surface area (Å²) >= 11 is 0. The maximum absolute atomic E-state index is 13.9. The SMILES string of the molecule is COC(=O)[C@H]1[C@H](C(=O)OC)[C@@]23CC[C@]1(OC)[C@@H]1Oc4c(OC)ccc5c4[C@@]12CCN(CC1CC1)[C@@H]3C5. The molecule has 7 atom stereocenters. The molecule has 4 saturated carbocycles. The lowest BCUT2D eigenvalue weighted by atomic mass is 9.31. The smallest absolute Gasteiger partial charge is 0.312 e. The van der Waals surface area contributed by atoms with E-state index in [1.165, 1.54) is 38.2 Å². The van der Waals surface area contributed by atoms with Crippen molar-refractivity contribution in [3.05, 3.63) is 23.3 Å². The van der Waals surface area contributed by atoms with Crippen LogP contribution in [0.5, 0.6) is 11.5 Å². The fourth-order valence-corrected chi connectivity index (χ4v) is 9.58. The van der Waals surface area contributed by atoms with Gasteiger partial charge in [-0.2, -0.15) is 0 Å². The van der Waals surface area contributed by atoms with E-state index in [0.29, 0.717) is 12.2 Å². The second kappa shape index (κ2) is 7.38. The van der Waals surface area contributed by atoms with Crippen LogP contribution in [0.2, 0.25) is 0 Å². The Hall–Kier alpha value is -2.32. The molecule has 0 unspecified atom stereocenters. The summed E-state index contributed by atoms with van der Waals surface area (Å²) in [5, 5.41) is 0. The van der Waals surface area contributed by atoms with Crippen LogP contribution in [0.25, 0.3) is 0 Å². The van der Waals surface area contributed by atoms with Gasteiger partial charge < -0.3 is 23.7 Å². The molecular weight excluding hydrogens is 462 g/mol. The first-order valence-corrected chi connectivity index (χ1v) is 13.3. The Labute approximate surface area is 211 Å². The summed E-state index contributed by atoms with van der Waals surface area (Å²) in [4.78, 5) is 30.1. The van der Waals surface area contributed by atoms with E-state index in [2.05, 4.69) is 11.0 Å². The quantitative estimate of drug-likeness (QED) is 0.555. The third-order valence-electron chi connectivity index (χ3n) is 10.9. The molecule has 1 saturated heterocycles. The van der Waals surface area contributed by atoms with Gasteiger partial charge in [-0.15, -0.1) is 0 Å². The van der Waals surface area contributed by atoms with E-state index in [1.807, 2.05) is 6.07 Å². The van der Waals surface area contributed by atoms with Crippen LogP contribution in [0.4, 0.5) is 0 Å². The molecule has 8 nitrogen and oxygen atoms in total. The molecule has 2 spiro atoms. The Morgan fingerprint density at radius 3 is 2.44 bits per heavy atom. The third kappa shape index (κ3) is 2.35. The number of rotatable bonds is 6. The standard InChI is InChI=1S/C28H35NO7/c1-32-17-8-7-16-13-18-26-9-10-28(35-4,21(24(31)34-3)20(26)23(30)33-2)25-27(26,19(16)22(17)36-25)11-12-29(18)14-15-5-6-15/h7-8,15,18,20-21,25H,5-6,9-14H2,1-4H3/t18-,20-,21-,25-,26+,27+,28-/m1/s1. The molecule has 0 aromatic heterocycles. The average Bonchev–Trinajstić information content (AvgIpc) is 3.65. The van der Waals surface area contributed by atoms with E-state index >= 15 is 0 Å². The molecule has 0 N–H and O–H groups in total. The van der Waals surface area contributed by atoms with Gasteiger partial charge in [-0.3, -0.25) is 14.5 Å². The van der Waals surface area contributed by atoms with Crippen LogP contribution in [0, 0.1) is 23.2 Å². The molecule has 2 heterocycles. The van der Waals surface area contributed by atoms with Gasteiger partial charge in [0.1, 0.15) is 17.6 Å². The molecule has 5 aliphatic carbocycles. The second-order valence-corrected chi connectivity index (χ2v) is 11.7. The molecule has 0 radical (unpaired) electrons. The maximum atomic E-state index is 13.9. The highest BCUT2D eigenvalue weighted by Gasteiger charge is 2.86. The van der Waals surface area contributed by atoms with E-state index in [1.54, 1.807) is 14.2 Å². The van der Waals surface area contributed by atoms with Crippen molar-refractivity contribution in [2.24, 2.45) is 23.2 Å². The number of likely N-dealkylation sites (tertiary alicyclic amines) is 1. The second-order valence-electron chi connectivity index (χ2n) is 11.7. The van der Waals surface area contributed by atoms with Crippen LogP contribution >= 0.6 is 0 Å². The van der Waals surface area contributed by atoms with Gasteiger partial charge in [0.2, 0.25) is 0 Å². The van der Waals surface area contributed by atoms with Gasteiger partial charge in [-0.05, 0) is 62.6 Å². The van der Waals surface area contributed by atoms with Gasteiger partial charge in [0.15, 0.2) is 11.5 Å². The lowest BCUT2D eigenvalue weighted by molar-refractivity contribution is -0.300. The predicted octanol–water partition coefficient (Wildman–Crippen LogP) is 2.49. The van der Waals surface area contributed by atoms with E-state index in [9.17, 15) is 9.59 Å². The van der Waals surface area contributed by atoms with Crippen molar-refractivity contribution in [3.8, 4) is 11.5 Å². The maximum Gasteiger partial charge on any atom is 0.312 e. The first-order valence-electron chi connectivity index (χ1n) is 13.3. The first-order chi connectivity index (χ1) is 17.4. The Bertz CT molecular complexity index is 1150. The molecule has 36 heavy (non-hydrogen) atoms. The number of carbonyl (C=O) groups is 2. The Morgan fingerprint density at radius 2 is 1.78 bits per heavy atom. The number of piperidine rings is 1. The zero-order valence-electron chi connectivity index (χ0n) is 21.5. The van der Waals surface area contributed by atoms with Gasteiger partial charge in [-0.25, -0.2) is 0 Å². The number of ether oxygens (including phenoxy) is 5. The van der Waals surface area contributed by atoms with E-state index in [-0.39, 0.29) is 12.0 Å². The Balaban J connectivity index is 1.55. The number of hydrogen-bond donors (Lipinski definition) is 0. The summed E-state index contributed by atoms with van der Waals surface area (Å²) < 4.78 is 29.9. The zero-order valence-corrected chi connectivity index (χ0v) is 21.5. The molecule has 4 bridgehead atoms. The van der Waals surface area contributed by atoms with Crippen LogP contribution < -0.4 is 9.47 Å². The fourth-order valence-electron chi connectivity index (χ4n) is 9.58. The topological polar surface area (TPSA) is 83.5 Å². The number of hydrogen-bond acceptors (Lipinski definition) is 8. The lowest BCUT2D eigenvalue weighted by Gasteiger charge is -2.75. The number of esters is 2. The third-order valence-corrected chi connectivity index (χ3v) is 10.9. The molecular formula is C28H35NO7. The van der Waals surface area contributed by atoms with Crippen LogP contribution in [0.1, 0.15) is 43.2 Å². The summed E-state index contributed by atoms with van der Waals surface area (Å²) in [5.74, 6) is -0.0833. The summed E-state index contributed by atoms with van der Waals surface area (Å²) in [7, 11) is 6.13. The minimum Gasteiger partial charge on any atom is -0.493 e. The van der Waals surface area contributed by atoms with Gasteiger partial charge in [-0.1, -0.05) is 6.07 Å². The highest BCUT2D eigenvalue weighted by molar-refractivity contribution is 5.87. The largest absolute Gasteiger partial charge is 0.493 e. The first kappa shape index (κ1) is 22.8. The van der Waals surface area contributed by atoms with Crippen molar-refractivity contribution in [2.45, 2.75) is 61.7 Å². The molecule has 2 aliphatic heterocycles. The van der Waals surface area contributed by atoms with Crippen molar-refractivity contribution in [1.82, 2.24) is 4.90 Å². The van der Waals surface area contributed by atoms with Crippen LogP contribution in [-0.2, 0) is 35.6 Å². The van der Waals surface area contributed by atoms with Crippen LogP contribution in [-0.4, -0.2) is 76.1 Å². The van der Waals surface area contributed by atoms with Gasteiger partial charge >= 0.3 is 11.9 Å². The van der Waals surface area contributed by atoms with E-state index in [4.69, 9.17) is 23.7 Å². The van der Waals surface area contributed by atoms with E-state index < -0.39 is 40.3 Å². The fraction of sp³-hybridized carbons (Fsp3) is 0.714. The molecule has 0 amide bonds. The zero-order chi connectivity index (χ0) is 25.0. The number of nitrogens with zero attached hydrogens (tertiary/aromatic N) is 1. The molecule has 7 aliphatic rings. The van der Waals surface area contributed by atoms with Gasteiger partial charge in [0, 0.05) is 36.1 Å². The van der Waals surface area contributed by atoms with Crippen molar-refractivity contribution < 1.29 is 33.3 Å². The highest BCUT2D eigenvalue weighted by atomic mass is 16.6. The summed E-state index contributed by atoms with van der Waals surface area (Å²) in [6.45, 7) is 1.98. The predicted molar refractivity (Wildman–Crippen MR) is 128 cm³/mol. The minimum atomic E-state index is -1.00. The summed E-state index contributed by atoms with van der Waals surface area (Å²) in [5.41, 5.74) is 0.443. The Kier molecular flexibility index (Phi) is 4.68. The highest BCUT2D eigenvalue weighted by Crippen LogP contribution is 2.78. The van der Waals surface area contributed by atoms with Crippen molar-refractivity contribution >= 4 is 11.9 Å². The van der Waals surface area contributed by atoms with Gasteiger partial charge in [0.25, 0.3) is 0 Å². The summed E-state index contributed by atoms with van der Waals surface area (Å²) in [6.07, 6.45) is 5.19. The molecule has 8 heteroatoms. The van der Waals surface area contributed by atoms with Gasteiger partial charge in [0.05, 0.1) is 27.2 Å². The average molecular weight is 498 g/mol. The van der Waals surface area contributed by atoms with Crippen molar-refractivity contribution in [3.63, 3.8) is 0 Å². The normalized spacial score (nSPS) is 41.3. The molecule has 1 aromatic rings. The van der Waals surface area contributed by atoms with Crippen LogP contribution in [0.3, 0.4) is 0 Å². The van der Waals surface area contributed by atoms with Crippen molar-refractivity contribution in [1.29, 1.82) is 0 Å². The molecule has 5 fully saturated rings. The number of benzene rings is 1.